The highest BCUT2D eigenvalue weighted by Gasteiger charge is 2.18. The molecule has 1 aromatic carbocycles. The zero-order valence-corrected chi connectivity index (χ0v) is 8.50. The summed E-state index contributed by atoms with van der Waals surface area (Å²) in [6.07, 6.45) is -2.27. The molecule has 0 saturated carbocycles. The standard InChI is InChI=1S/C10H14N2O4/c11-4-8(13)9(14)5-1-2-6(10(15)16)7(12)3-5/h1-3,8-9,13-14H,4,11-12H2,(H,15,16). The Morgan fingerprint density at radius 3 is 2.44 bits per heavy atom. The van der Waals surface area contributed by atoms with Crippen molar-refractivity contribution in [2.24, 2.45) is 5.73 Å². The molecule has 0 aliphatic heterocycles. The van der Waals surface area contributed by atoms with Crippen LogP contribution in [-0.4, -0.2) is 33.9 Å². The third-order valence-corrected chi connectivity index (χ3v) is 2.25. The van der Waals surface area contributed by atoms with Gasteiger partial charge in [0, 0.05) is 12.2 Å². The van der Waals surface area contributed by atoms with Crippen LogP contribution in [0, 0.1) is 0 Å². The van der Waals surface area contributed by atoms with Crippen LogP contribution in [0.1, 0.15) is 22.0 Å². The highest BCUT2D eigenvalue weighted by atomic mass is 16.4. The van der Waals surface area contributed by atoms with Crippen LogP contribution < -0.4 is 11.5 Å². The van der Waals surface area contributed by atoms with Gasteiger partial charge in [-0.25, -0.2) is 4.79 Å². The number of hydrogen-bond donors (Lipinski definition) is 5. The van der Waals surface area contributed by atoms with Crippen molar-refractivity contribution in [2.45, 2.75) is 12.2 Å². The van der Waals surface area contributed by atoms with E-state index in [0.717, 1.165) is 0 Å². The van der Waals surface area contributed by atoms with Crippen LogP contribution >= 0.6 is 0 Å². The Morgan fingerprint density at radius 1 is 1.38 bits per heavy atom. The normalized spacial score (nSPS) is 14.4. The van der Waals surface area contributed by atoms with Gasteiger partial charge in [-0.2, -0.15) is 0 Å². The molecular weight excluding hydrogens is 212 g/mol. The fourth-order valence-corrected chi connectivity index (χ4v) is 1.31. The number of carbonyl (C=O) groups is 1. The number of nitrogens with two attached hydrogens (primary N) is 2. The van der Waals surface area contributed by atoms with Crippen molar-refractivity contribution < 1.29 is 20.1 Å². The summed E-state index contributed by atoms with van der Waals surface area (Å²) in [6.45, 7) is -0.0955. The lowest BCUT2D eigenvalue weighted by Crippen LogP contribution is -2.27. The van der Waals surface area contributed by atoms with Crippen molar-refractivity contribution in [3.63, 3.8) is 0 Å². The number of aromatic carboxylic acids is 1. The fraction of sp³-hybridized carbons (Fsp3) is 0.300. The van der Waals surface area contributed by atoms with E-state index in [1.54, 1.807) is 0 Å². The first-order valence-electron chi connectivity index (χ1n) is 4.66. The van der Waals surface area contributed by atoms with Gasteiger partial charge in [-0.05, 0) is 17.7 Å². The van der Waals surface area contributed by atoms with E-state index in [1.165, 1.54) is 18.2 Å². The summed E-state index contributed by atoms with van der Waals surface area (Å²) in [5.74, 6) is -1.14. The lowest BCUT2D eigenvalue weighted by atomic mass is 10.0. The van der Waals surface area contributed by atoms with E-state index in [-0.39, 0.29) is 17.8 Å². The molecule has 2 unspecified atom stereocenters. The molecular formula is C10H14N2O4. The molecule has 88 valence electrons. The fourth-order valence-electron chi connectivity index (χ4n) is 1.31. The maximum absolute atomic E-state index is 10.7. The smallest absolute Gasteiger partial charge is 0.337 e. The molecule has 0 saturated heterocycles. The van der Waals surface area contributed by atoms with Crippen molar-refractivity contribution in [1.29, 1.82) is 0 Å². The number of aliphatic hydroxyl groups excluding tert-OH is 2. The van der Waals surface area contributed by atoms with Gasteiger partial charge in [0.15, 0.2) is 0 Å². The molecule has 0 aromatic heterocycles. The van der Waals surface area contributed by atoms with Crippen molar-refractivity contribution >= 4 is 11.7 Å². The molecule has 6 heteroatoms. The summed E-state index contributed by atoms with van der Waals surface area (Å²) < 4.78 is 0. The molecule has 1 rings (SSSR count). The molecule has 0 radical (unpaired) electrons. The van der Waals surface area contributed by atoms with Gasteiger partial charge in [-0.15, -0.1) is 0 Å². The molecule has 16 heavy (non-hydrogen) atoms. The van der Waals surface area contributed by atoms with Crippen LogP contribution in [0.25, 0.3) is 0 Å². The number of carboxylic acids is 1. The second-order valence-corrected chi connectivity index (χ2v) is 3.40. The van der Waals surface area contributed by atoms with Gasteiger partial charge < -0.3 is 26.8 Å². The summed E-state index contributed by atoms with van der Waals surface area (Å²) >= 11 is 0. The molecule has 0 aliphatic carbocycles. The minimum atomic E-state index is -1.17. The number of nitrogen functional groups attached to an aromatic ring is 1. The lowest BCUT2D eigenvalue weighted by Gasteiger charge is -2.17. The van der Waals surface area contributed by atoms with Crippen LogP contribution in [0.3, 0.4) is 0 Å². The Kier molecular flexibility index (Phi) is 3.83. The zero-order valence-electron chi connectivity index (χ0n) is 8.50. The van der Waals surface area contributed by atoms with E-state index in [0.29, 0.717) is 5.56 Å². The number of carboxylic acid groups (broad SMARTS) is 1. The number of rotatable bonds is 4. The molecule has 1 aromatic rings. The first-order valence-corrected chi connectivity index (χ1v) is 4.66. The number of anilines is 1. The summed E-state index contributed by atoms with van der Waals surface area (Å²) in [4.78, 5) is 10.7. The van der Waals surface area contributed by atoms with Gasteiger partial charge >= 0.3 is 5.97 Å². The second kappa shape index (κ2) is 4.93. The van der Waals surface area contributed by atoms with E-state index in [4.69, 9.17) is 16.6 Å². The Hall–Kier alpha value is -1.63. The van der Waals surface area contributed by atoms with E-state index in [1.807, 2.05) is 0 Å². The average molecular weight is 226 g/mol. The van der Waals surface area contributed by atoms with E-state index in [2.05, 4.69) is 0 Å². The second-order valence-electron chi connectivity index (χ2n) is 3.40. The van der Waals surface area contributed by atoms with Crippen LogP contribution in [0.5, 0.6) is 0 Å². The van der Waals surface area contributed by atoms with E-state index < -0.39 is 18.2 Å². The Bertz CT molecular complexity index is 394. The number of hydrogen-bond acceptors (Lipinski definition) is 5. The van der Waals surface area contributed by atoms with Gasteiger partial charge in [0.05, 0.1) is 11.7 Å². The Morgan fingerprint density at radius 2 is 2.00 bits per heavy atom. The Balaban J connectivity index is 3.01. The van der Waals surface area contributed by atoms with Crippen molar-refractivity contribution in [2.75, 3.05) is 12.3 Å². The first kappa shape index (κ1) is 12.4. The molecule has 0 amide bonds. The van der Waals surface area contributed by atoms with Crippen LogP contribution in [-0.2, 0) is 0 Å². The van der Waals surface area contributed by atoms with Gasteiger partial charge in [-0.3, -0.25) is 0 Å². The van der Waals surface area contributed by atoms with Crippen LogP contribution in [0.2, 0.25) is 0 Å². The molecule has 0 heterocycles. The summed E-state index contributed by atoms with van der Waals surface area (Å²) in [5, 5.41) is 27.7. The minimum absolute atomic E-state index is 0.0354. The quantitative estimate of drug-likeness (QED) is 0.432. The topological polar surface area (TPSA) is 130 Å². The van der Waals surface area contributed by atoms with Crippen molar-refractivity contribution in [1.82, 2.24) is 0 Å². The first-order chi connectivity index (χ1) is 7.47. The molecule has 7 N–H and O–H groups in total. The lowest BCUT2D eigenvalue weighted by molar-refractivity contribution is 0.0243. The van der Waals surface area contributed by atoms with Gasteiger partial charge in [0.1, 0.15) is 6.10 Å². The monoisotopic (exact) mass is 226 g/mol. The maximum Gasteiger partial charge on any atom is 0.337 e. The van der Waals surface area contributed by atoms with Crippen LogP contribution in [0.15, 0.2) is 18.2 Å². The maximum atomic E-state index is 10.7. The highest BCUT2D eigenvalue weighted by Crippen LogP contribution is 2.21. The predicted molar refractivity (Wildman–Crippen MR) is 57.8 cm³/mol. The van der Waals surface area contributed by atoms with Crippen molar-refractivity contribution in [3.05, 3.63) is 29.3 Å². The summed E-state index contributed by atoms with van der Waals surface area (Å²) in [5.41, 5.74) is 11.0. The van der Waals surface area contributed by atoms with Gasteiger partial charge in [0.2, 0.25) is 0 Å². The van der Waals surface area contributed by atoms with E-state index >= 15 is 0 Å². The highest BCUT2D eigenvalue weighted by molar-refractivity contribution is 5.93. The molecule has 0 spiro atoms. The molecule has 2 atom stereocenters. The Labute approximate surface area is 92.1 Å². The molecule has 0 fully saturated rings. The molecule has 6 nitrogen and oxygen atoms in total. The largest absolute Gasteiger partial charge is 0.478 e. The SMILES string of the molecule is NCC(O)C(O)c1ccc(C(=O)O)c(N)c1. The average Bonchev–Trinajstić information content (AvgIpc) is 2.26. The molecule has 0 bridgehead atoms. The summed E-state index contributed by atoms with van der Waals surface area (Å²) in [7, 11) is 0. The van der Waals surface area contributed by atoms with E-state index in [9.17, 15) is 15.0 Å². The van der Waals surface area contributed by atoms with Crippen LogP contribution in [0.4, 0.5) is 5.69 Å². The minimum Gasteiger partial charge on any atom is -0.478 e. The summed E-state index contributed by atoms with van der Waals surface area (Å²) in [6, 6.07) is 3.98. The van der Waals surface area contributed by atoms with Crippen molar-refractivity contribution in [3.8, 4) is 0 Å². The van der Waals surface area contributed by atoms with Gasteiger partial charge in [0.25, 0.3) is 0 Å². The number of aliphatic hydroxyl groups is 2. The third kappa shape index (κ3) is 2.48. The number of benzene rings is 1. The molecule has 0 aliphatic rings. The van der Waals surface area contributed by atoms with Gasteiger partial charge in [-0.1, -0.05) is 6.07 Å². The third-order valence-electron chi connectivity index (χ3n) is 2.25. The zero-order chi connectivity index (χ0) is 12.3. The predicted octanol–water partition coefficient (Wildman–Crippen LogP) is -0.680.